The minimum absolute atomic E-state index is 0.363. The highest BCUT2D eigenvalue weighted by molar-refractivity contribution is 5.77. The van der Waals surface area contributed by atoms with Crippen LogP contribution in [-0.2, 0) is 6.54 Å². The van der Waals surface area contributed by atoms with Crippen LogP contribution < -0.4 is 5.32 Å². The summed E-state index contributed by atoms with van der Waals surface area (Å²) >= 11 is 0. The molecule has 3 aromatic heterocycles. The largest absolute Gasteiger partial charge is 0.364 e. The highest BCUT2D eigenvalue weighted by Gasteiger charge is 2.26. The SMILES string of the molecule is CNc1nccc(-c2c(-c3ccccc3)ncn2C2CCN(Cc3ccon3)CC2)n1. The van der Waals surface area contributed by atoms with E-state index < -0.39 is 0 Å². The first-order valence-corrected chi connectivity index (χ1v) is 10.6. The zero-order valence-electron chi connectivity index (χ0n) is 17.5. The molecular weight excluding hydrogens is 390 g/mol. The van der Waals surface area contributed by atoms with E-state index in [4.69, 9.17) is 14.5 Å². The summed E-state index contributed by atoms with van der Waals surface area (Å²) in [5.74, 6) is 0.603. The van der Waals surface area contributed by atoms with Gasteiger partial charge >= 0.3 is 0 Å². The number of anilines is 1. The smallest absolute Gasteiger partial charge is 0.222 e. The van der Waals surface area contributed by atoms with Crippen LogP contribution in [0.1, 0.15) is 24.6 Å². The molecule has 1 aliphatic rings. The molecule has 0 saturated carbocycles. The van der Waals surface area contributed by atoms with E-state index in [2.05, 4.69) is 37.1 Å². The Kier molecular flexibility index (Phi) is 5.45. The summed E-state index contributed by atoms with van der Waals surface area (Å²) in [5, 5.41) is 7.08. The molecule has 1 aromatic carbocycles. The minimum atomic E-state index is 0.363. The molecule has 1 saturated heterocycles. The molecule has 158 valence electrons. The Morgan fingerprint density at radius 2 is 1.90 bits per heavy atom. The van der Waals surface area contributed by atoms with Gasteiger partial charge in [0, 0.05) is 50.6 Å². The standard InChI is InChI=1S/C23H25N7O/c1-24-23-25-11-7-20(27-23)22-21(17-5-3-2-4-6-17)26-16-30(22)19-8-12-29(13-9-19)15-18-10-14-31-28-18/h2-7,10-11,14,16,19H,8-9,12-13,15H2,1H3,(H,24,25,27). The van der Waals surface area contributed by atoms with E-state index in [1.165, 1.54) is 0 Å². The topological polar surface area (TPSA) is 84.9 Å². The maximum atomic E-state index is 4.97. The van der Waals surface area contributed by atoms with Crippen LogP contribution in [0.15, 0.2) is 65.8 Å². The van der Waals surface area contributed by atoms with Crippen molar-refractivity contribution in [2.45, 2.75) is 25.4 Å². The third kappa shape index (κ3) is 4.06. The number of likely N-dealkylation sites (tertiary alicyclic amines) is 1. The van der Waals surface area contributed by atoms with Gasteiger partial charge in [-0.05, 0) is 18.9 Å². The fourth-order valence-corrected chi connectivity index (χ4v) is 4.21. The molecular formula is C23H25N7O. The van der Waals surface area contributed by atoms with Gasteiger partial charge < -0.3 is 14.4 Å². The van der Waals surface area contributed by atoms with Crippen molar-refractivity contribution < 1.29 is 4.52 Å². The van der Waals surface area contributed by atoms with Gasteiger partial charge in [-0.15, -0.1) is 0 Å². The van der Waals surface area contributed by atoms with Gasteiger partial charge in [-0.25, -0.2) is 15.0 Å². The second-order valence-corrected chi connectivity index (χ2v) is 7.73. The Hall–Kier alpha value is -3.52. The predicted molar refractivity (Wildman–Crippen MR) is 118 cm³/mol. The Bertz CT molecular complexity index is 1120. The summed E-state index contributed by atoms with van der Waals surface area (Å²) < 4.78 is 7.27. The Labute approximate surface area is 181 Å². The molecule has 4 aromatic rings. The molecule has 4 heterocycles. The Morgan fingerprint density at radius 1 is 1.06 bits per heavy atom. The molecule has 0 amide bonds. The molecule has 1 fully saturated rings. The van der Waals surface area contributed by atoms with Crippen LogP contribution in [0.5, 0.6) is 0 Å². The van der Waals surface area contributed by atoms with E-state index in [0.29, 0.717) is 12.0 Å². The number of hydrogen-bond donors (Lipinski definition) is 1. The van der Waals surface area contributed by atoms with E-state index in [0.717, 1.165) is 60.8 Å². The maximum absolute atomic E-state index is 4.97. The molecule has 1 N–H and O–H groups in total. The first-order valence-electron chi connectivity index (χ1n) is 10.6. The number of piperidine rings is 1. The normalized spacial score (nSPS) is 15.3. The van der Waals surface area contributed by atoms with Crippen molar-refractivity contribution >= 4 is 5.95 Å². The minimum Gasteiger partial charge on any atom is -0.364 e. The van der Waals surface area contributed by atoms with Crippen LogP contribution in [0.2, 0.25) is 0 Å². The molecule has 0 radical (unpaired) electrons. The van der Waals surface area contributed by atoms with Gasteiger partial charge in [-0.3, -0.25) is 4.90 Å². The molecule has 31 heavy (non-hydrogen) atoms. The molecule has 8 nitrogen and oxygen atoms in total. The summed E-state index contributed by atoms with van der Waals surface area (Å²) in [7, 11) is 1.83. The van der Waals surface area contributed by atoms with Crippen molar-refractivity contribution in [1.29, 1.82) is 0 Å². The van der Waals surface area contributed by atoms with Gasteiger partial charge in [0.1, 0.15) is 6.26 Å². The molecule has 5 rings (SSSR count). The fourth-order valence-electron chi connectivity index (χ4n) is 4.21. The quantitative estimate of drug-likeness (QED) is 0.512. The first kappa shape index (κ1) is 19.4. The monoisotopic (exact) mass is 415 g/mol. The number of rotatable bonds is 6. The molecule has 1 aliphatic heterocycles. The Balaban J connectivity index is 1.45. The van der Waals surface area contributed by atoms with Gasteiger partial charge in [0.25, 0.3) is 0 Å². The average molecular weight is 416 g/mol. The van der Waals surface area contributed by atoms with Crippen molar-refractivity contribution in [3.8, 4) is 22.6 Å². The van der Waals surface area contributed by atoms with Crippen molar-refractivity contribution in [1.82, 2.24) is 29.6 Å². The molecule has 8 heteroatoms. The summed E-state index contributed by atoms with van der Waals surface area (Å²) in [6, 6.07) is 14.5. The van der Waals surface area contributed by atoms with Crippen LogP contribution in [0.3, 0.4) is 0 Å². The van der Waals surface area contributed by atoms with Crippen molar-refractivity contribution in [2.75, 3.05) is 25.5 Å². The van der Waals surface area contributed by atoms with E-state index >= 15 is 0 Å². The van der Waals surface area contributed by atoms with E-state index in [1.807, 2.05) is 43.7 Å². The fraction of sp³-hybridized carbons (Fsp3) is 0.304. The van der Waals surface area contributed by atoms with E-state index in [-0.39, 0.29) is 0 Å². The molecule has 0 spiro atoms. The lowest BCUT2D eigenvalue weighted by molar-refractivity contribution is 0.176. The lowest BCUT2D eigenvalue weighted by Crippen LogP contribution is -2.34. The number of benzene rings is 1. The molecule has 0 atom stereocenters. The first-order chi connectivity index (χ1) is 15.3. The second-order valence-electron chi connectivity index (χ2n) is 7.73. The van der Waals surface area contributed by atoms with E-state index in [1.54, 1.807) is 12.5 Å². The zero-order chi connectivity index (χ0) is 21.0. The molecule has 0 unspecified atom stereocenters. The molecule has 0 aliphatic carbocycles. The van der Waals surface area contributed by atoms with Gasteiger partial charge in [-0.2, -0.15) is 0 Å². The average Bonchev–Trinajstić information content (AvgIpc) is 3.50. The highest BCUT2D eigenvalue weighted by atomic mass is 16.5. The van der Waals surface area contributed by atoms with Crippen molar-refractivity contribution in [3.05, 3.63) is 66.9 Å². The second kappa shape index (κ2) is 8.69. The van der Waals surface area contributed by atoms with Crippen LogP contribution >= 0.6 is 0 Å². The van der Waals surface area contributed by atoms with Crippen LogP contribution in [-0.4, -0.2) is 49.7 Å². The van der Waals surface area contributed by atoms with Gasteiger partial charge in [-0.1, -0.05) is 35.5 Å². The zero-order valence-corrected chi connectivity index (χ0v) is 17.5. The van der Waals surface area contributed by atoms with Crippen LogP contribution in [0.4, 0.5) is 5.95 Å². The van der Waals surface area contributed by atoms with Crippen LogP contribution in [0.25, 0.3) is 22.6 Å². The number of nitrogens with zero attached hydrogens (tertiary/aromatic N) is 6. The lowest BCUT2D eigenvalue weighted by Gasteiger charge is -2.32. The van der Waals surface area contributed by atoms with E-state index in [9.17, 15) is 0 Å². The Morgan fingerprint density at radius 3 is 2.65 bits per heavy atom. The van der Waals surface area contributed by atoms with Crippen LogP contribution in [0, 0.1) is 0 Å². The van der Waals surface area contributed by atoms with Gasteiger partial charge in [0.15, 0.2) is 0 Å². The van der Waals surface area contributed by atoms with Crippen molar-refractivity contribution in [3.63, 3.8) is 0 Å². The van der Waals surface area contributed by atoms with Gasteiger partial charge in [0.2, 0.25) is 5.95 Å². The lowest BCUT2D eigenvalue weighted by atomic mass is 10.0. The predicted octanol–water partition coefficient (Wildman–Crippen LogP) is 3.87. The van der Waals surface area contributed by atoms with Crippen molar-refractivity contribution in [2.24, 2.45) is 0 Å². The third-order valence-electron chi connectivity index (χ3n) is 5.79. The van der Waals surface area contributed by atoms with Gasteiger partial charge in [0.05, 0.1) is 29.1 Å². The summed E-state index contributed by atoms with van der Waals surface area (Å²) in [6.45, 7) is 2.83. The third-order valence-corrected chi connectivity index (χ3v) is 5.79. The number of aromatic nitrogens is 5. The number of hydrogen-bond acceptors (Lipinski definition) is 7. The maximum Gasteiger partial charge on any atom is 0.222 e. The number of nitrogens with one attached hydrogen (secondary N) is 1. The summed E-state index contributed by atoms with van der Waals surface area (Å²) in [4.78, 5) is 16.3. The summed E-state index contributed by atoms with van der Waals surface area (Å²) in [6.07, 6.45) is 7.47. The highest BCUT2D eigenvalue weighted by Crippen LogP contribution is 2.35. The summed E-state index contributed by atoms with van der Waals surface area (Å²) in [5.41, 5.74) is 4.94. The number of imidazole rings is 1. The molecule has 0 bridgehead atoms.